The molecule has 0 heterocycles. The number of rotatable bonds is 19. The topological polar surface area (TPSA) is 71.1 Å². The summed E-state index contributed by atoms with van der Waals surface area (Å²) in [6.45, 7) is 11.3. The molecule has 2 atom stereocenters. The van der Waals surface area contributed by atoms with Crippen molar-refractivity contribution >= 4 is 26.0 Å². The molecule has 3 aromatic rings. The molecule has 42 heavy (non-hydrogen) atoms. The highest BCUT2D eigenvalue weighted by atomic mass is 31.2. The molecular formula is C34H50O6P2. The third kappa shape index (κ3) is 11.7. The largest absolute Gasteiger partial charge is 0.331 e. The maximum Gasteiger partial charge on any atom is 0.331 e. The molecule has 8 heteroatoms. The second-order valence-electron chi connectivity index (χ2n) is 12.8. The van der Waals surface area contributed by atoms with Crippen LogP contribution in [0.15, 0.2) is 72.8 Å². The number of unbranched alkanes of at least 4 members (excludes halogenated alkanes) is 1. The van der Waals surface area contributed by atoms with E-state index in [1.54, 1.807) is 0 Å². The van der Waals surface area contributed by atoms with Crippen molar-refractivity contribution in [2.45, 2.75) is 73.3 Å². The zero-order valence-corrected chi connectivity index (χ0v) is 28.1. The maximum absolute atomic E-state index is 13.9. The van der Waals surface area contributed by atoms with E-state index < -0.39 is 26.0 Å². The molecule has 0 saturated carbocycles. The van der Waals surface area contributed by atoms with Crippen molar-refractivity contribution in [3.8, 4) is 0 Å². The highest BCUT2D eigenvalue weighted by molar-refractivity contribution is 7.54. The summed E-state index contributed by atoms with van der Waals surface area (Å²) in [6.07, 6.45) is 4.63. The second-order valence-corrected chi connectivity index (χ2v) is 17.0. The van der Waals surface area contributed by atoms with E-state index in [4.69, 9.17) is 18.1 Å². The average Bonchev–Trinajstić information content (AvgIpc) is 2.94. The van der Waals surface area contributed by atoms with Crippen molar-refractivity contribution in [1.82, 2.24) is 0 Å². The third-order valence-corrected chi connectivity index (χ3v) is 11.9. The van der Waals surface area contributed by atoms with E-state index in [-0.39, 0.29) is 18.9 Å². The Hall–Kier alpha value is -1.78. The highest BCUT2D eigenvalue weighted by Crippen LogP contribution is 2.58. The van der Waals surface area contributed by atoms with Crippen molar-refractivity contribution in [2.75, 3.05) is 32.6 Å². The number of hydrogen-bond acceptors (Lipinski definition) is 6. The molecule has 0 amide bonds. The van der Waals surface area contributed by atoms with Gasteiger partial charge in [0.25, 0.3) is 0 Å². The molecule has 232 valence electrons. The van der Waals surface area contributed by atoms with E-state index >= 15 is 0 Å². The van der Waals surface area contributed by atoms with Gasteiger partial charge in [-0.05, 0) is 64.8 Å². The van der Waals surface area contributed by atoms with E-state index in [9.17, 15) is 9.13 Å². The van der Waals surface area contributed by atoms with E-state index in [0.717, 1.165) is 31.2 Å². The molecule has 3 aromatic carbocycles. The van der Waals surface area contributed by atoms with Crippen LogP contribution in [0.2, 0.25) is 0 Å². The van der Waals surface area contributed by atoms with Crippen molar-refractivity contribution < 1.29 is 27.2 Å². The molecule has 3 rings (SSSR count). The van der Waals surface area contributed by atoms with Gasteiger partial charge in [-0.25, -0.2) is 0 Å². The van der Waals surface area contributed by atoms with Crippen LogP contribution in [0.25, 0.3) is 10.8 Å². The Morgan fingerprint density at radius 3 is 1.95 bits per heavy atom. The minimum Gasteiger partial charge on any atom is -0.312 e. The van der Waals surface area contributed by atoms with Gasteiger partial charge in [-0.1, -0.05) is 107 Å². The lowest BCUT2D eigenvalue weighted by atomic mass is 9.77. The molecule has 0 saturated heterocycles. The summed E-state index contributed by atoms with van der Waals surface area (Å²) in [7, 11) is -5.23. The Bertz CT molecular complexity index is 1340. The van der Waals surface area contributed by atoms with Gasteiger partial charge in [0.2, 0.25) is 0 Å². The first kappa shape index (κ1) is 34.7. The number of hydrogen-bond donors (Lipinski definition) is 0. The Kier molecular flexibility index (Phi) is 13.1. The first-order valence-corrected chi connectivity index (χ1v) is 18.5. The van der Waals surface area contributed by atoms with Gasteiger partial charge in [0.15, 0.2) is 0 Å². The summed E-state index contributed by atoms with van der Waals surface area (Å²) in [6, 6.07) is 24.6. The Balaban J connectivity index is 1.54. The standard InChI is InChI=1S/C34H50O6P2/c1-7-22-38-42(36,39-23-14-13-15-29-20-21-31-18-11-12-19-32(31)24-29)28-34(4,5)26-33(2,3)27-41(35,37-6)40-25-30-16-9-8-10-17-30/h8-12,16-21,24H,7,13-15,22-23,25-28H2,1-6H3. The highest BCUT2D eigenvalue weighted by Gasteiger charge is 2.41. The van der Waals surface area contributed by atoms with Crippen LogP contribution < -0.4 is 0 Å². The summed E-state index contributed by atoms with van der Waals surface area (Å²) in [5.41, 5.74) is 1.44. The van der Waals surface area contributed by atoms with E-state index in [1.165, 1.54) is 23.4 Å². The molecule has 0 spiro atoms. The van der Waals surface area contributed by atoms with Crippen LogP contribution in [-0.4, -0.2) is 32.6 Å². The predicted octanol–water partition coefficient (Wildman–Crippen LogP) is 10.3. The van der Waals surface area contributed by atoms with Crippen molar-refractivity contribution in [3.05, 3.63) is 83.9 Å². The molecule has 0 aliphatic heterocycles. The molecular weight excluding hydrogens is 566 g/mol. The Morgan fingerprint density at radius 2 is 1.29 bits per heavy atom. The van der Waals surface area contributed by atoms with Crippen molar-refractivity contribution in [1.29, 1.82) is 0 Å². The van der Waals surface area contributed by atoms with E-state index in [1.807, 2.05) is 37.3 Å². The average molecular weight is 617 g/mol. The number of aryl methyl sites for hydroxylation is 1. The summed E-state index contributed by atoms with van der Waals surface area (Å²) in [5.74, 6) is 0. The SMILES string of the molecule is CCCOP(=O)(CC(C)(C)CC(C)(C)CP(=O)(OC)OCc1ccccc1)OCCCCc1ccc2ccccc2c1. The van der Waals surface area contributed by atoms with E-state index in [2.05, 4.69) is 70.2 Å². The van der Waals surface area contributed by atoms with Gasteiger partial charge in [-0.2, -0.15) is 0 Å². The van der Waals surface area contributed by atoms with Gasteiger partial charge in [0.05, 0.1) is 32.1 Å². The fourth-order valence-corrected chi connectivity index (χ4v) is 9.87. The smallest absolute Gasteiger partial charge is 0.312 e. The normalized spacial score (nSPS) is 15.4. The van der Waals surface area contributed by atoms with Crippen LogP contribution in [0.4, 0.5) is 0 Å². The third-order valence-electron chi connectivity index (χ3n) is 7.20. The zero-order valence-electron chi connectivity index (χ0n) is 26.3. The van der Waals surface area contributed by atoms with Crippen LogP contribution in [0.5, 0.6) is 0 Å². The monoisotopic (exact) mass is 616 g/mol. The van der Waals surface area contributed by atoms with Gasteiger partial charge in [-0.3, -0.25) is 9.13 Å². The lowest BCUT2D eigenvalue weighted by Crippen LogP contribution is -2.30. The molecule has 0 N–H and O–H groups in total. The fourth-order valence-electron chi connectivity index (χ4n) is 5.75. The molecule has 0 aromatic heterocycles. The van der Waals surface area contributed by atoms with Crippen molar-refractivity contribution in [2.24, 2.45) is 10.8 Å². The molecule has 6 nitrogen and oxygen atoms in total. The Morgan fingerprint density at radius 1 is 0.667 bits per heavy atom. The summed E-state index contributed by atoms with van der Waals surface area (Å²) >= 11 is 0. The Labute approximate surface area is 253 Å². The van der Waals surface area contributed by atoms with Gasteiger partial charge in [0, 0.05) is 7.11 Å². The van der Waals surface area contributed by atoms with Crippen LogP contribution in [0, 0.1) is 10.8 Å². The van der Waals surface area contributed by atoms with Gasteiger partial charge >= 0.3 is 15.2 Å². The van der Waals surface area contributed by atoms with Gasteiger partial charge in [-0.15, -0.1) is 0 Å². The fraction of sp³-hybridized carbons (Fsp3) is 0.529. The van der Waals surface area contributed by atoms with Crippen LogP contribution in [-0.2, 0) is 40.3 Å². The van der Waals surface area contributed by atoms with Gasteiger partial charge < -0.3 is 18.1 Å². The number of fused-ring (bicyclic) bond motifs is 1. The minimum absolute atomic E-state index is 0.222. The van der Waals surface area contributed by atoms with Gasteiger partial charge in [0.1, 0.15) is 0 Å². The quantitative estimate of drug-likeness (QED) is 0.0986. The molecule has 0 fully saturated rings. The first-order valence-electron chi connectivity index (χ1n) is 15.1. The lowest BCUT2D eigenvalue weighted by Gasteiger charge is -2.37. The molecule has 0 radical (unpaired) electrons. The maximum atomic E-state index is 13.9. The molecule has 2 unspecified atom stereocenters. The van der Waals surface area contributed by atoms with E-state index in [0.29, 0.717) is 19.6 Å². The molecule has 0 bridgehead atoms. The summed E-state index contributed by atoms with van der Waals surface area (Å²) < 4.78 is 50.6. The molecule has 0 aliphatic carbocycles. The minimum atomic E-state index is -3.34. The zero-order chi connectivity index (χ0) is 30.7. The lowest BCUT2D eigenvalue weighted by molar-refractivity contribution is 0.169. The molecule has 0 aliphatic rings. The van der Waals surface area contributed by atoms with Crippen molar-refractivity contribution in [3.63, 3.8) is 0 Å². The van der Waals surface area contributed by atoms with Crippen LogP contribution >= 0.6 is 15.2 Å². The van der Waals surface area contributed by atoms with Crippen LogP contribution in [0.1, 0.15) is 71.4 Å². The number of benzene rings is 3. The van der Waals surface area contributed by atoms with Crippen LogP contribution in [0.3, 0.4) is 0 Å². The summed E-state index contributed by atoms with van der Waals surface area (Å²) in [4.78, 5) is 0. The summed E-state index contributed by atoms with van der Waals surface area (Å²) in [5, 5.41) is 2.49. The predicted molar refractivity (Wildman–Crippen MR) is 174 cm³/mol. The first-order chi connectivity index (χ1) is 19.9. The second kappa shape index (κ2) is 15.8.